The molecule has 2 unspecified atom stereocenters. The van der Waals surface area contributed by atoms with Crippen LogP contribution in [0.3, 0.4) is 0 Å². The summed E-state index contributed by atoms with van der Waals surface area (Å²) in [5, 5.41) is 0. The normalized spacial score (nSPS) is 28.4. The molecule has 2 heterocycles. The molecule has 0 N–H and O–H groups in total. The van der Waals surface area contributed by atoms with Gasteiger partial charge in [-0.15, -0.1) is 0 Å². The molecular weight excluding hydrogens is 252 g/mol. The van der Waals surface area contributed by atoms with Gasteiger partial charge in [0, 0.05) is 32.2 Å². The van der Waals surface area contributed by atoms with Crippen LogP contribution in [0.1, 0.15) is 47.5 Å². The molecule has 0 aromatic heterocycles. The number of fused-ring (bicyclic) bond motifs is 1. The number of carbonyl (C=O) groups excluding carboxylic acids is 1. The van der Waals surface area contributed by atoms with E-state index in [1.165, 1.54) is 13.0 Å². The van der Waals surface area contributed by atoms with Crippen LogP contribution in [-0.4, -0.2) is 53.7 Å². The van der Waals surface area contributed by atoms with Crippen LogP contribution in [-0.2, 0) is 4.74 Å². The van der Waals surface area contributed by atoms with Gasteiger partial charge in [-0.2, -0.15) is 0 Å². The number of rotatable bonds is 1. The van der Waals surface area contributed by atoms with Crippen molar-refractivity contribution in [2.75, 3.05) is 26.2 Å². The van der Waals surface area contributed by atoms with Gasteiger partial charge < -0.3 is 14.5 Å². The Balaban J connectivity index is 1.96. The fraction of sp³-hybridized carbons (Fsp3) is 0.938. The first-order chi connectivity index (χ1) is 9.26. The lowest BCUT2D eigenvalue weighted by molar-refractivity contribution is 0.0231. The van der Waals surface area contributed by atoms with Crippen molar-refractivity contribution in [1.29, 1.82) is 0 Å². The van der Waals surface area contributed by atoms with Gasteiger partial charge in [-0.1, -0.05) is 0 Å². The van der Waals surface area contributed by atoms with Crippen LogP contribution in [0.5, 0.6) is 0 Å². The molecule has 2 saturated heterocycles. The van der Waals surface area contributed by atoms with Crippen molar-refractivity contribution in [2.45, 2.75) is 59.1 Å². The van der Waals surface area contributed by atoms with E-state index in [1.54, 1.807) is 0 Å². The highest BCUT2D eigenvalue weighted by Gasteiger charge is 2.38. The summed E-state index contributed by atoms with van der Waals surface area (Å²) in [5.74, 6) is 1.37. The second-order valence-electron chi connectivity index (χ2n) is 7.64. The first-order valence-electron chi connectivity index (χ1n) is 7.98. The summed E-state index contributed by atoms with van der Waals surface area (Å²) < 4.78 is 5.53. The maximum atomic E-state index is 12.3. The zero-order chi connectivity index (χ0) is 14.9. The van der Waals surface area contributed by atoms with Crippen LogP contribution < -0.4 is 0 Å². The van der Waals surface area contributed by atoms with E-state index in [4.69, 9.17) is 4.74 Å². The number of ether oxygens (including phenoxy) is 1. The zero-order valence-electron chi connectivity index (χ0n) is 13.7. The zero-order valence-corrected chi connectivity index (χ0v) is 13.7. The Morgan fingerprint density at radius 3 is 2.40 bits per heavy atom. The maximum absolute atomic E-state index is 12.3. The van der Waals surface area contributed by atoms with Crippen molar-refractivity contribution in [2.24, 2.45) is 11.8 Å². The summed E-state index contributed by atoms with van der Waals surface area (Å²) in [6.45, 7) is 14.4. The van der Waals surface area contributed by atoms with Crippen LogP contribution in [0.2, 0.25) is 0 Å². The van der Waals surface area contributed by atoms with Crippen molar-refractivity contribution >= 4 is 6.09 Å². The molecule has 116 valence electrons. The van der Waals surface area contributed by atoms with Gasteiger partial charge in [-0.3, -0.25) is 0 Å². The van der Waals surface area contributed by atoms with Crippen LogP contribution in [0.15, 0.2) is 0 Å². The molecule has 0 radical (unpaired) electrons. The molecule has 0 saturated carbocycles. The predicted octanol–water partition coefficient (Wildman–Crippen LogP) is 2.97. The number of amides is 1. The molecule has 4 nitrogen and oxygen atoms in total. The lowest BCUT2D eigenvalue weighted by Gasteiger charge is -2.28. The van der Waals surface area contributed by atoms with E-state index in [-0.39, 0.29) is 6.09 Å². The number of likely N-dealkylation sites (tertiary alicyclic amines) is 2. The second kappa shape index (κ2) is 5.92. The molecule has 2 aliphatic rings. The third kappa shape index (κ3) is 3.87. The molecule has 2 rings (SSSR count). The smallest absolute Gasteiger partial charge is 0.410 e. The topological polar surface area (TPSA) is 32.8 Å². The Labute approximate surface area is 123 Å². The minimum atomic E-state index is -0.400. The van der Waals surface area contributed by atoms with Crippen LogP contribution >= 0.6 is 0 Å². The molecule has 2 atom stereocenters. The van der Waals surface area contributed by atoms with Gasteiger partial charge in [-0.25, -0.2) is 4.79 Å². The minimum Gasteiger partial charge on any atom is -0.444 e. The molecule has 2 aliphatic heterocycles. The molecular formula is C16H30N2O2. The van der Waals surface area contributed by atoms with E-state index >= 15 is 0 Å². The average Bonchev–Trinajstić information content (AvgIpc) is 2.59. The summed E-state index contributed by atoms with van der Waals surface area (Å²) >= 11 is 0. The first kappa shape index (κ1) is 15.6. The first-order valence-corrected chi connectivity index (χ1v) is 7.98. The molecule has 0 bridgehead atoms. The highest BCUT2D eigenvalue weighted by atomic mass is 16.6. The standard InChI is InChI=1S/C16H30N2O2/c1-12(2)18-9-13-7-6-8-17(10-14(13)11-18)15(19)20-16(3,4)5/h12-14H,6-11H2,1-5H3. The minimum absolute atomic E-state index is 0.138. The predicted molar refractivity (Wildman–Crippen MR) is 80.7 cm³/mol. The van der Waals surface area contributed by atoms with Crippen LogP contribution in [0.25, 0.3) is 0 Å². The number of hydrogen-bond acceptors (Lipinski definition) is 3. The van der Waals surface area contributed by atoms with Gasteiger partial charge in [0.25, 0.3) is 0 Å². The third-order valence-electron chi connectivity index (χ3n) is 4.44. The molecule has 0 aliphatic carbocycles. The molecule has 0 spiro atoms. The highest BCUT2D eigenvalue weighted by molar-refractivity contribution is 5.68. The van der Waals surface area contributed by atoms with Gasteiger partial charge in [0.1, 0.15) is 5.60 Å². The Morgan fingerprint density at radius 2 is 1.80 bits per heavy atom. The van der Waals surface area contributed by atoms with Crippen molar-refractivity contribution in [3.63, 3.8) is 0 Å². The monoisotopic (exact) mass is 282 g/mol. The summed E-state index contributed by atoms with van der Waals surface area (Å²) in [7, 11) is 0. The number of nitrogens with zero attached hydrogens (tertiary/aromatic N) is 2. The molecule has 0 aromatic rings. The van der Waals surface area contributed by atoms with E-state index < -0.39 is 5.60 Å². The van der Waals surface area contributed by atoms with Crippen molar-refractivity contribution in [3.8, 4) is 0 Å². The van der Waals surface area contributed by atoms with E-state index in [9.17, 15) is 4.79 Å². The van der Waals surface area contributed by atoms with Gasteiger partial charge in [-0.05, 0) is 59.3 Å². The summed E-state index contributed by atoms with van der Waals surface area (Å²) in [6.07, 6.45) is 2.21. The van der Waals surface area contributed by atoms with Crippen LogP contribution in [0.4, 0.5) is 4.79 Å². The molecule has 4 heteroatoms. The van der Waals surface area contributed by atoms with Crippen molar-refractivity contribution < 1.29 is 9.53 Å². The average molecular weight is 282 g/mol. The fourth-order valence-electron chi connectivity index (χ4n) is 3.34. The van der Waals surface area contributed by atoms with E-state index in [0.717, 1.165) is 32.0 Å². The lowest BCUT2D eigenvalue weighted by Crippen LogP contribution is -2.40. The third-order valence-corrected chi connectivity index (χ3v) is 4.44. The van der Waals surface area contributed by atoms with Crippen LogP contribution in [0, 0.1) is 11.8 Å². The lowest BCUT2D eigenvalue weighted by atomic mass is 9.93. The van der Waals surface area contributed by atoms with Gasteiger partial charge in [0.2, 0.25) is 0 Å². The van der Waals surface area contributed by atoms with E-state index in [1.807, 2.05) is 25.7 Å². The summed E-state index contributed by atoms with van der Waals surface area (Å²) in [5.41, 5.74) is -0.400. The van der Waals surface area contributed by atoms with E-state index in [0.29, 0.717) is 12.0 Å². The largest absolute Gasteiger partial charge is 0.444 e. The molecule has 20 heavy (non-hydrogen) atoms. The number of hydrogen-bond donors (Lipinski definition) is 0. The van der Waals surface area contributed by atoms with Crippen molar-refractivity contribution in [1.82, 2.24) is 9.80 Å². The highest BCUT2D eigenvalue weighted by Crippen LogP contribution is 2.32. The Morgan fingerprint density at radius 1 is 1.15 bits per heavy atom. The van der Waals surface area contributed by atoms with Gasteiger partial charge >= 0.3 is 6.09 Å². The quantitative estimate of drug-likeness (QED) is 0.741. The molecule has 0 aromatic carbocycles. The van der Waals surface area contributed by atoms with Gasteiger partial charge in [0.15, 0.2) is 0 Å². The molecule has 2 fully saturated rings. The Hall–Kier alpha value is -0.770. The number of carbonyl (C=O) groups is 1. The second-order valence-corrected chi connectivity index (χ2v) is 7.64. The molecule has 1 amide bonds. The maximum Gasteiger partial charge on any atom is 0.410 e. The Kier molecular flexibility index (Phi) is 4.62. The summed E-state index contributed by atoms with van der Waals surface area (Å²) in [4.78, 5) is 16.7. The van der Waals surface area contributed by atoms with Crippen molar-refractivity contribution in [3.05, 3.63) is 0 Å². The van der Waals surface area contributed by atoms with E-state index in [2.05, 4.69) is 18.7 Å². The Bertz CT molecular complexity index is 349. The fourth-order valence-corrected chi connectivity index (χ4v) is 3.34. The summed E-state index contributed by atoms with van der Waals surface area (Å²) in [6, 6.07) is 0.608. The van der Waals surface area contributed by atoms with Gasteiger partial charge in [0.05, 0.1) is 0 Å². The SMILES string of the molecule is CC(C)N1CC2CCCN(C(=O)OC(C)(C)C)CC2C1.